The van der Waals surface area contributed by atoms with Crippen LogP contribution in [0.15, 0.2) is 30.3 Å². The molecule has 0 spiro atoms. The maximum absolute atomic E-state index is 5.79. The van der Waals surface area contributed by atoms with Crippen molar-refractivity contribution in [1.29, 1.82) is 0 Å². The molecule has 1 aliphatic rings. The molecular weight excluding hydrogens is 174 g/mol. The minimum atomic E-state index is 0.251. The first-order chi connectivity index (χ1) is 6.77. The van der Waals surface area contributed by atoms with Crippen molar-refractivity contribution in [3.8, 4) is 0 Å². The number of ether oxygens (including phenoxy) is 1. The van der Waals surface area contributed by atoms with E-state index in [1.165, 1.54) is 5.56 Å². The summed E-state index contributed by atoms with van der Waals surface area (Å²) in [7, 11) is 0. The van der Waals surface area contributed by atoms with Crippen LogP contribution in [0.3, 0.4) is 0 Å². The highest BCUT2D eigenvalue weighted by Gasteiger charge is 2.26. The Hall–Kier alpha value is -0.860. The lowest BCUT2D eigenvalue weighted by molar-refractivity contribution is -0.0446. The van der Waals surface area contributed by atoms with Crippen LogP contribution in [0.4, 0.5) is 0 Å². The largest absolute Gasteiger partial charge is 0.372 e. The highest BCUT2D eigenvalue weighted by Crippen LogP contribution is 2.23. The van der Waals surface area contributed by atoms with Crippen LogP contribution < -0.4 is 5.32 Å². The Balaban J connectivity index is 2.12. The summed E-state index contributed by atoms with van der Waals surface area (Å²) in [5.41, 5.74) is 1.31. The summed E-state index contributed by atoms with van der Waals surface area (Å²) < 4.78 is 5.79. The van der Waals surface area contributed by atoms with Gasteiger partial charge in [0.2, 0.25) is 0 Å². The lowest BCUT2D eigenvalue weighted by Crippen LogP contribution is -2.44. The molecule has 2 rings (SSSR count). The van der Waals surface area contributed by atoms with Crippen LogP contribution >= 0.6 is 0 Å². The van der Waals surface area contributed by atoms with Crippen molar-refractivity contribution in [1.82, 2.24) is 5.32 Å². The standard InChI is InChI=1S/C12H17NO/c1-9-8-13-12(10(2)14-9)11-6-4-3-5-7-11/h3-7,9-10,12-13H,8H2,1-2H3/t9-,10+,12+/m1/s1. The van der Waals surface area contributed by atoms with Gasteiger partial charge in [0.15, 0.2) is 0 Å². The first-order valence-corrected chi connectivity index (χ1v) is 5.21. The fourth-order valence-electron chi connectivity index (χ4n) is 2.00. The van der Waals surface area contributed by atoms with Crippen LogP contribution in [0.25, 0.3) is 0 Å². The molecule has 14 heavy (non-hydrogen) atoms. The van der Waals surface area contributed by atoms with Gasteiger partial charge in [0.05, 0.1) is 18.2 Å². The molecular formula is C12H17NO. The topological polar surface area (TPSA) is 21.3 Å². The Morgan fingerprint density at radius 3 is 2.57 bits per heavy atom. The molecule has 1 N–H and O–H groups in total. The van der Waals surface area contributed by atoms with Crippen LogP contribution in [-0.2, 0) is 4.74 Å². The van der Waals surface area contributed by atoms with Gasteiger partial charge in [-0.1, -0.05) is 30.3 Å². The summed E-state index contributed by atoms with van der Waals surface area (Å²) in [5, 5.41) is 3.51. The first kappa shape index (κ1) is 9.69. The molecule has 2 nitrogen and oxygen atoms in total. The molecule has 1 aromatic rings. The second-order valence-corrected chi connectivity index (χ2v) is 3.95. The van der Waals surface area contributed by atoms with E-state index in [4.69, 9.17) is 4.74 Å². The van der Waals surface area contributed by atoms with Gasteiger partial charge in [-0.05, 0) is 19.4 Å². The average Bonchev–Trinajstić information content (AvgIpc) is 2.19. The third-order valence-corrected chi connectivity index (χ3v) is 2.70. The molecule has 1 aromatic carbocycles. The number of rotatable bonds is 1. The molecule has 2 heteroatoms. The fourth-order valence-corrected chi connectivity index (χ4v) is 2.00. The molecule has 1 saturated heterocycles. The van der Waals surface area contributed by atoms with Gasteiger partial charge in [-0.15, -0.1) is 0 Å². The molecule has 0 bridgehead atoms. The van der Waals surface area contributed by atoms with Crippen molar-refractivity contribution >= 4 is 0 Å². The second kappa shape index (κ2) is 4.11. The van der Waals surface area contributed by atoms with Gasteiger partial charge in [0.25, 0.3) is 0 Å². The summed E-state index contributed by atoms with van der Waals surface area (Å²) in [6.07, 6.45) is 0.575. The smallest absolute Gasteiger partial charge is 0.0745 e. The molecule has 1 aliphatic heterocycles. The van der Waals surface area contributed by atoms with Gasteiger partial charge in [-0.2, -0.15) is 0 Å². The lowest BCUT2D eigenvalue weighted by atomic mass is 10.0. The Kier molecular flexibility index (Phi) is 2.85. The Morgan fingerprint density at radius 2 is 1.93 bits per heavy atom. The Labute approximate surface area is 85.3 Å². The normalized spacial score (nSPS) is 32.9. The molecule has 1 fully saturated rings. The Morgan fingerprint density at radius 1 is 1.21 bits per heavy atom. The molecule has 0 unspecified atom stereocenters. The summed E-state index contributed by atoms with van der Waals surface area (Å²) in [6, 6.07) is 10.8. The van der Waals surface area contributed by atoms with E-state index in [9.17, 15) is 0 Å². The quantitative estimate of drug-likeness (QED) is 0.734. The third-order valence-electron chi connectivity index (χ3n) is 2.70. The van der Waals surface area contributed by atoms with E-state index in [1.54, 1.807) is 0 Å². The van der Waals surface area contributed by atoms with Gasteiger partial charge < -0.3 is 10.1 Å². The van der Waals surface area contributed by atoms with Crippen LogP contribution in [0.1, 0.15) is 25.5 Å². The zero-order chi connectivity index (χ0) is 9.97. The first-order valence-electron chi connectivity index (χ1n) is 5.21. The number of morpholine rings is 1. The highest BCUT2D eigenvalue weighted by atomic mass is 16.5. The van der Waals surface area contributed by atoms with E-state index in [0.717, 1.165) is 6.54 Å². The molecule has 0 aromatic heterocycles. The highest BCUT2D eigenvalue weighted by molar-refractivity contribution is 5.20. The molecule has 0 saturated carbocycles. The van der Waals surface area contributed by atoms with Crippen LogP contribution in [0.2, 0.25) is 0 Å². The zero-order valence-electron chi connectivity index (χ0n) is 8.73. The zero-order valence-corrected chi connectivity index (χ0v) is 8.73. The molecule has 0 amide bonds. The predicted octanol–water partition coefficient (Wildman–Crippen LogP) is 2.12. The molecule has 3 atom stereocenters. The van der Waals surface area contributed by atoms with Gasteiger partial charge in [-0.25, -0.2) is 0 Å². The van der Waals surface area contributed by atoms with E-state index < -0.39 is 0 Å². The van der Waals surface area contributed by atoms with Gasteiger partial charge in [-0.3, -0.25) is 0 Å². The van der Waals surface area contributed by atoms with Crippen LogP contribution in [0, 0.1) is 0 Å². The molecule has 0 aliphatic carbocycles. The van der Waals surface area contributed by atoms with Gasteiger partial charge in [0.1, 0.15) is 0 Å². The van der Waals surface area contributed by atoms with Crippen LogP contribution in [-0.4, -0.2) is 18.8 Å². The number of hydrogen-bond donors (Lipinski definition) is 1. The maximum Gasteiger partial charge on any atom is 0.0745 e. The third kappa shape index (κ3) is 1.97. The van der Waals surface area contributed by atoms with E-state index in [1.807, 2.05) is 6.07 Å². The van der Waals surface area contributed by atoms with Crippen LogP contribution in [0.5, 0.6) is 0 Å². The number of hydrogen-bond acceptors (Lipinski definition) is 2. The second-order valence-electron chi connectivity index (χ2n) is 3.95. The number of benzene rings is 1. The summed E-state index contributed by atoms with van der Waals surface area (Å²) in [4.78, 5) is 0. The maximum atomic E-state index is 5.79. The number of nitrogens with one attached hydrogen (secondary N) is 1. The minimum absolute atomic E-state index is 0.251. The fraction of sp³-hybridized carbons (Fsp3) is 0.500. The van der Waals surface area contributed by atoms with E-state index >= 15 is 0 Å². The van der Waals surface area contributed by atoms with Crippen molar-refractivity contribution in [2.45, 2.75) is 32.1 Å². The van der Waals surface area contributed by atoms with Crippen molar-refractivity contribution in [2.24, 2.45) is 0 Å². The molecule has 76 valence electrons. The Bertz CT molecular complexity index is 286. The predicted molar refractivity (Wildman–Crippen MR) is 57.2 cm³/mol. The van der Waals surface area contributed by atoms with Crippen molar-refractivity contribution in [2.75, 3.05) is 6.54 Å². The summed E-state index contributed by atoms with van der Waals surface area (Å²) in [6.45, 7) is 5.16. The van der Waals surface area contributed by atoms with Gasteiger partial charge in [0, 0.05) is 6.54 Å². The average molecular weight is 191 g/mol. The van der Waals surface area contributed by atoms with E-state index in [2.05, 4.69) is 43.4 Å². The van der Waals surface area contributed by atoms with Crippen molar-refractivity contribution < 1.29 is 4.74 Å². The molecule has 1 heterocycles. The summed E-state index contributed by atoms with van der Waals surface area (Å²) >= 11 is 0. The van der Waals surface area contributed by atoms with E-state index in [-0.39, 0.29) is 6.10 Å². The SMILES string of the molecule is C[C@@H]1CN[C@H](c2ccccc2)[C@H](C)O1. The van der Waals surface area contributed by atoms with Crippen molar-refractivity contribution in [3.05, 3.63) is 35.9 Å². The monoisotopic (exact) mass is 191 g/mol. The van der Waals surface area contributed by atoms with Gasteiger partial charge >= 0.3 is 0 Å². The summed E-state index contributed by atoms with van der Waals surface area (Å²) in [5.74, 6) is 0. The lowest BCUT2D eigenvalue weighted by Gasteiger charge is -2.34. The molecule has 0 radical (unpaired) electrons. The van der Waals surface area contributed by atoms with E-state index in [0.29, 0.717) is 12.1 Å². The van der Waals surface area contributed by atoms with Crippen molar-refractivity contribution in [3.63, 3.8) is 0 Å². The minimum Gasteiger partial charge on any atom is -0.372 e.